The van der Waals surface area contributed by atoms with Gasteiger partial charge in [0.2, 0.25) is 0 Å². The zero-order valence-electron chi connectivity index (χ0n) is 12.7. The van der Waals surface area contributed by atoms with Crippen LogP contribution in [0, 0.1) is 0 Å². The first-order valence-corrected chi connectivity index (χ1v) is 6.66. The fourth-order valence-electron chi connectivity index (χ4n) is 2.11. The van der Waals surface area contributed by atoms with E-state index in [9.17, 15) is 4.79 Å². The first-order chi connectivity index (χ1) is 9.07. The summed E-state index contributed by atoms with van der Waals surface area (Å²) in [4.78, 5) is 14.0. The second-order valence-electron chi connectivity index (χ2n) is 6.66. The molecule has 1 aromatic carbocycles. The monoisotopic (exact) mass is 278 g/mol. The van der Waals surface area contributed by atoms with Gasteiger partial charge in [0, 0.05) is 5.69 Å². The summed E-state index contributed by atoms with van der Waals surface area (Å²) in [7, 11) is 0. The largest absolute Gasteiger partial charge is 0.484 e. The normalized spacial score (nSPS) is 17.1. The van der Waals surface area contributed by atoms with Gasteiger partial charge < -0.3 is 15.2 Å². The molecule has 1 aliphatic heterocycles. The number of amides is 1. The third kappa shape index (κ3) is 3.15. The number of carbonyl (C=O) groups excluding carboxylic acids is 1. The average molecular weight is 278 g/mol. The lowest BCUT2D eigenvalue weighted by molar-refractivity contribution is 0.0484. The second kappa shape index (κ2) is 4.58. The van der Waals surface area contributed by atoms with Gasteiger partial charge in [0.1, 0.15) is 17.0 Å². The Hall–Kier alpha value is -1.91. The molecule has 0 aromatic heterocycles. The first kappa shape index (κ1) is 14.5. The van der Waals surface area contributed by atoms with E-state index >= 15 is 0 Å². The van der Waals surface area contributed by atoms with Crippen LogP contribution in [-0.4, -0.2) is 23.8 Å². The summed E-state index contributed by atoms with van der Waals surface area (Å²) in [6, 6.07) is 5.27. The Morgan fingerprint density at radius 3 is 2.65 bits per heavy atom. The SMILES string of the molecule is CC(C)(C)OC(=O)N1CC(C)(C)Oc2ccc(N)cc21. The molecule has 0 aliphatic carbocycles. The molecule has 1 aromatic rings. The van der Waals surface area contributed by atoms with Gasteiger partial charge in [-0.3, -0.25) is 4.90 Å². The number of nitrogens with two attached hydrogens (primary N) is 1. The van der Waals surface area contributed by atoms with Gasteiger partial charge >= 0.3 is 6.09 Å². The van der Waals surface area contributed by atoms with Crippen LogP contribution in [0.25, 0.3) is 0 Å². The maximum Gasteiger partial charge on any atom is 0.415 e. The Labute approximate surface area is 119 Å². The van der Waals surface area contributed by atoms with Crippen molar-refractivity contribution in [3.05, 3.63) is 18.2 Å². The molecule has 0 saturated carbocycles. The van der Waals surface area contributed by atoms with E-state index < -0.39 is 11.2 Å². The molecule has 1 heterocycles. The van der Waals surface area contributed by atoms with E-state index in [1.807, 2.05) is 34.6 Å². The zero-order chi connectivity index (χ0) is 15.1. The van der Waals surface area contributed by atoms with Crippen molar-refractivity contribution in [2.75, 3.05) is 17.2 Å². The predicted octanol–water partition coefficient (Wildman–Crippen LogP) is 3.18. The quantitative estimate of drug-likeness (QED) is 0.740. The lowest BCUT2D eigenvalue weighted by atomic mass is 10.1. The minimum atomic E-state index is -0.542. The highest BCUT2D eigenvalue weighted by Crippen LogP contribution is 2.38. The number of hydrogen-bond donors (Lipinski definition) is 1. The molecule has 2 rings (SSSR count). The number of ether oxygens (including phenoxy) is 2. The van der Waals surface area contributed by atoms with Crippen molar-refractivity contribution < 1.29 is 14.3 Å². The van der Waals surface area contributed by atoms with Crippen LogP contribution in [0.5, 0.6) is 5.75 Å². The minimum Gasteiger partial charge on any atom is -0.484 e. The lowest BCUT2D eigenvalue weighted by Gasteiger charge is -2.40. The summed E-state index contributed by atoms with van der Waals surface area (Å²) in [6.45, 7) is 9.82. The minimum absolute atomic E-state index is 0.388. The third-order valence-electron chi connectivity index (χ3n) is 2.81. The Balaban J connectivity index is 2.38. The fourth-order valence-corrected chi connectivity index (χ4v) is 2.11. The average Bonchev–Trinajstić information content (AvgIpc) is 2.25. The summed E-state index contributed by atoms with van der Waals surface area (Å²) in [5.74, 6) is 0.640. The van der Waals surface area contributed by atoms with Crippen molar-refractivity contribution in [2.45, 2.75) is 45.8 Å². The lowest BCUT2D eigenvalue weighted by Crippen LogP contribution is -2.50. The van der Waals surface area contributed by atoms with Crippen molar-refractivity contribution >= 4 is 17.5 Å². The van der Waals surface area contributed by atoms with Gasteiger partial charge in [-0.15, -0.1) is 0 Å². The highest BCUT2D eigenvalue weighted by Gasteiger charge is 2.36. The highest BCUT2D eigenvalue weighted by molar-refractivity contribution is 5.91. The molecule has 5 nitrogen and oxygen atoms in total. The van der Waals surface area contributed by atoms with Crippen LogP contribution in [0.3, 0.4) is 0 Å². The van der Waals surface area contributed by atoms with Crippen LogP contribution in [-0.2, 0) is 4.74 Å². The van der Waals surface area contributed by atoms with Gasteiger partial charge in [-0.05, 0) is 52.8 Å². The van der Waals surface area contributed by atoms with Crippen molar-refractivity contribution in [3.8, 4) is 5.75 Å². The molecular weight excluding hydrogens is 256 g/mol. The summed E-state index contributed by atoms with van der Waals surface area (Å²) in [6.07, 6.45) is -0.388. The molecule has 20 heavy (non-hydrogen) atoms. The maximum absolute atomic E-state index is 12.4. The van der Waals surface area contributed by atoms with Gasteiger partial charge in [-0.2, -0.15) is 0 Å². The Morgan fingerprint density at radius 1 is 1.40 bits per heavy atom. The summed E-state index contributed by atoms with van der Waals surface area (Å²) in [5.41, 5.74) is 6.03. The van der Waals surface area contributed by atoms with Crippen LogP contribution >= 0.6 is 0 Å². The van der Waals surface area contributed by atoms with Gasteiger partial charge in [0.15, 0.2) is 0 Å². The summed E-state index contributed by atoms with van der Waals surface area (Å²) < 4.78 is 11.3. The van der Waals surface area contributed by atoms with E-state index in [1.54, 1.807) is 23.1 Å². The first-order valence-electron chi connectivity index (χ1n) is 6.66. The molecule has 0 atom stereocenters. The number of benzene rings is 1. The molecule has 1 amide bonds. The van der Waals surface area contributed by atoms with Crippen LogP contribution in [0.4, 0.5) is 16.2 Å². The Kier molecular flexibility index (Phi) is 3.32. The molecule has 0 bridgehead atoms. The van der Waals surface area contributed by atoms with E-state index in [-0.39, 0.29) is 6.09 Å². The molecule has 110 valence electrons. The molecule has 2 N–H and O–H groups in total. The summed E-state index contributed by atoms with van der Waals surface area (Å²) in [5, 5.41) is 0. The number of nitrogens with zero attached hydrogens (tertiary/aromatic N) is 1. The molecule has 0 saturated heterocycles. The summed E-state index contributed by atoms with van der Waals surface area (Å²) >= 11 is 0. The van der Waals surface area contributed by atoms with E-state index in [0.717, 1.165) is 0 Å². The number of carbonyl (C=O) groups is 1. The van der Waals surface area contributed by atoms with Crippen molar-refractivity contribution in [1.82, 2.24) is 0 Å². The highest BCUT2D eigenvalue weighted by atomic mass is 16.6. The molecule has 0 radical (unpaired) electrons. The molecule has 0 unspecified atom stereocenters. The van der Waals surface area contributed by atoms with E-state index in [2.05, 4.69) is 0 Å². The number of fused-ring (bicyclic) bond motifs is 1. The number of nitrogen functional groups attached to an aromatic ring is 1. The van der Waals surface area contributed by atoms with Gasteiger partial charge in [-0.25, -0.2) is 4.79 Å². The standard InChI is InChI=1S/C15H22N2O3/c1-14(2,3)20-13(18)17-9-15(4,5)19-12-7-6-10(16)8-11(12)17/h6-8H,9,16H2,1-5H3. The van der Waals surface area contributed by atoms with Crippen molar-refractivity contribution in [3.63, 3.8) is 0 Å². The molecule has 5 heteroatoms. The van der Waals surface area contributed by atoms with Gasteiger partial charge in [0.25, 0.3) is 0 Å². The van der Waals surface area contributed by atoms with E-state index in [1.165, 1.54) is 0 Å². The van der Waals surface area contributed by atoms with Crippen LogP contribution in [0.15, 0.2) is 18.2 Å². The maximum atomic E-state index is 12.4. The van der Waals surface area contributed by atoms with Crippen LogP contribution < -0.4 is 15.4 Å². The van der Waals surface area contributed by atoms with E-state index in [0.29, 0.717) is 23.7 Å². The number of hydrogen-bond acceptors (Lipinski definition) is 4. The predicted molar refractivity (Wildman–Crippen MR) is 79.1 cm³/mol. The van der Waals surface area contributed by atoms with Crippen LogP contribution in [0.1, 0.15) is 34.6 Å². The zero-order valence-corrected chi connectivity index (χ0v) is 12.7. The van der Waals surface area contributed by atoms with E-state index in [4.69, 9.17) is 15.2 Å². The van der Waals surface area contributed by atoms with Gasteiger partial charge in [0.05, 0.1) is 12.2 Å². The smallest absolute Gasteiger partial charge is 0.415 e. The van der Waals surface area contributed by atoms with Crippen molar-refractivity contribution in [2.24, 2.45) is 0 Å². The number of anilines is 2. The van der Waals surface area contributed by atoms with Gasteiger partial charge in [-0.1, -0.05) is 0 Å². The molecule has 1 aliphatic rings. The molecule has 0 fully saturated rings. The Bertz CT molecular complexity index is 532. The topological polar surface area (TPSA) is 64.8 Å². The molecular formula is C15H22N2O3. The van der Waals surface area contributed by atoms with Crippen LogP contribution in [0.2, 0.25) is 0 Å². The number of rotatable bonds is 0. The Morgan fingerprint density at radius 2 is 2.05 bits per heavy atom. The van der Waals surface area contributed by atoms with Crippen molar-refractivity contribution in [1.29, 1.82) is 0 Å². The third-order valence-corrected chi connectivity index (χ3v) is 2.81. The molecule has 0 spiro atoms. The fraction of sp³-hybridized carbons (Fsp3) is 0.533. The second-order valence-corrected chi connectivity index (χ2v) is 6.66.